The minimum Gasteiger partial charge on any atom is -0.369 e. The first-order valence-corrected chi connectivity index (χ1v) is 11.2. The Bertz CT molecular complexity index is 902. The van der Waals surface area contributed by atoms with Gasteiger partial charge in [-0.05, 0) is 80.3 Å². The zero-order valence-electron chi connectivity index (χ0n) is 15.8. The predicted molar refractivity (Wildman–Crippen MR) is 110 cm³/mol. The van der Waals surface area contributed by atoms with E-state index in [0.29, 0.717) is 10.6 Å². The quantitative estimate of drug-likeness (QED) is 0.879. The Morgan fingerprint density at radius 1 is 0.852 bits per heavy atom. The van der Waals surface area contributed by atoms with Gasteiger partial charge < -0.3 is 9.80 Å². The summed E-state index contributed by atoms with van der Waals surface area (Å²) in [5.41, 5.74) is 4.21. The van der Waals surface area contributed by atoms with E-state index in [0.717, 1.165) is 51.1 Å². The fraction of sp³-hybridized carbons (Fsp3) is 0.429. The standard InChI is InChI=1S/C21H27N3O2S/c1-23-12-14-24(15-13-23)20-9-7-19(8-10-20)22-27(25,26)21-11-6-17-4-2-3-5-18(17)16-21/h6-11,16,22H,2-5,12-15H2,1H3. The maximum atomic E-state index is 12.8. The van der Waals surface area contributed by atoms with Crippen LogP contribution in [0.5, 0.6) is 0 Å². The summed E-state index contributed by atoms with van der Waals surface area (Å²) in [5.74, 6) is 0. The summed E-state index contributed by atoms with van der Waals surface area (Å²) in [6, 6.07) is 13.2. The third-order valence-electron chi connectivity index (χ3n) is 5.62. The molecule has 1 fully saturated rings. The summed E-state index contributed by atoms with van der Waals surface area (Å²) in [4.78, 5) is 5.01. The number of nitrogens with zero attached hydrogens (tertiary/aromatic N) is 2. The van der Waals surface area contributed by atoms with Crippen molar-refractivity contribution in [2.45, 2.75) is 30.6 Å². The van der Waals surface area contributed by atoms with Crippen LogP contribution < -0.4 is 9.62 Å². The maximum Gasteiger partial charge on any atom is 0.261 e. The highest BCUT2D eigenvalue weighted by molar-refractivity contribution is 7.92. The fourth-order valence-electron chi connectivity index (χ4n) is 3.90. The molecule has 1 aliphatic carbocycles. The topological polar surface area (TPSA) is 52.6 Å². The second-order valence-corrected chi connectivity index (χ2v) is 9.26. The van der Waals surface area contributed by atoms with Gasteiger partial charge in [-0.1, -0.05) is 6.07 Å². The summed E-state index contributed by atoms with van der Waals surface area (Å²) < 4.78 is 28.3. The molecule has 0 saturated carbocycles. The average Bonchev–Trinajstić information content (AvgIpc) is 2.68. The molecule has 0 spiro atoms. The zero-order chi connectivity index (χ0) is 18.9. The van der Waals surface area contributed by atoms with E-state index in [1.54, 1.807) is 6.07 Å². The molecule has 1 heterocycles. The van der Waals surface area contributed by atoms with E-state index in [1.807, 2.05) is 36.4 Å². The Morgan fingerprint density at radius 3 is 2.22 bits per heavy atom. The van der Waals surface area contributed by atoms with Gasteiger partial charge in [0.2, 0.25) is 0 Å². The number of benzene rings is 2. The molecule has 1 aliphatic heterocycles. The third kappa shape index (κ3) is 4.12. The average molecular weight is 386 g/mol. The van der Waals surface area contributed by atoms with Gasteiger partial charge in [0.25, 0.3) is 10.0 Å². The molecule has 0 bridgehead atoms. The summed E-state index contributed by atoms with van der Waals surface area (Å²) in [6.45, 7) is 4.09. The van der Waals surface area contributed by atoms with E-state index >= 15 is 0 Å². The van der Waals surface area contributed by atoms with Crippen LogP contribution in [0.15, 0.2) is 47.4 Å². The molecule has 0 radical (unpaired) electrons. The second-order valence-electron chi connectivity index (χ2n) is 7.58. The van der Waals surface area contributed by atoms with Crippen LogP contribution in [0.4, 0.5) is 11.4 Å². The molecule has 0 unspecified atom stereocenters. The van der Waals surface area contributed by atoms with Crippen molar-refractivity contribution in [1.29, 1.82) is 0 Å². The molecule has 1 N–H and O–H groups in total. The van der Waals surface area contributed by atoms with Crippen molar-refractivity contribution in [2.75, 3.05) is 42.8 Å². The number of rotatable bonds is 4. The zero-order valence-corrected chi connectivity index (χ0v) is 16.6. The minimum atomic E-state index is -3.56. The molecule has 2 aromatic rings. The Labute approximate surface area is 162 Å². The van der Waals surface area contributed by atoms with Gasteiger partial charge >= 0.3 is 0 Å². The normalized spacial score (nSPS) is 18.2. The molecule has 144 valence electrons. The monoisotopic (exact) mass is 385 g/mol. The van der Waals surface area contributed by atoms with Crippen LogP contribution in [-0.2, 0) is 22.9 Å². The number of piperazine rings is 1. The van der Waals surface area contributed by atoms with E-state index in [1.165, 1.54) is 17.5 Å². The highest BCUT2D eigenvalue weighted by atomic mass is 32.2. The van der Waals surface area contributed by atoms with Gasteiger partial charge in [0, 0.05) is 37.6 Å². The van der Waals surface area contributed by atoms with Crippen LogP contribution in [0.2, 0.25) is 0 Å². The van der Waals surface area contributed by atoms with Gasteiger partial charge in [-0.2, -0.15) is 0 Å². The van der Waals surface area contributed by atoms with Crippen LogP contribution in [-0.4, -0.2) is 46.5 Å². The van der Waals surface area contributed by atoms with Crippen LogP contribution in [0.1, 0.15) is 24.0 Å². The molecule has 2 aromatic carbocycles. The van der Waals surface area contributed by atoms with E-state index in [9.17, 15) is 8.42 Å². The van der Waals surface area contributed by atoms with Gasteiger partial charge in [-0.3, -0.25) is 4.72 Å². The number of nitrogens with one attached hydrogen (secondary N) is 1. The SMILES string of the molecule is CN1CCN(c2ccc(NS(=O)(=O)c3ccc4c(c3)CCCC4)cc2)CC1. The summed E-state index contributed by atoms with van der Waals surface area (Å²) >= 11 is 0. The smallest absolute Gasteiger partial charge is 0.261 e. The summed E-state index contributed by atoms with van der Waals surface area (Å²) in [7, 11) is -1.43. The van der Waals surface area contributed by atoms with Gasteiger partial charge in [-0.25, -0.2) is 8.42 Å². The lowest BCUT2D eigenvalue weighted by Crippen LogP contribution is -2.44. The molecule has 4 rings (SSSR count). The molecule has 5 nitrogen and oxygen atoms in total. The van der Waals surface area contributed by atoms with Crippen molar-refractivity contribution in [2.24, 2.45) is 0 Å². The third-order valence-corrected chi connectivity index (χ3v) is 7.00. The van der Waals surface area contributed by atoms with Gasteiger partial charge in [0.15, 0.2) is 0 Å². The van der Waals surface area contributed by atoms with Crippen molar-refractivity contribution in [3.8, 4) is 0 Å². The van der Waals surface area contributed by atoms with E-state index < -0.39 is 10.0 Å². The fourth-order valence-corrected chi connectivity index (χ4v) is 5.00. The number of fused-ring (bicyclic) bond motifs is 1. The minimum absolute atomic E-state index is 0.353. The largest absolute Gasteiger partial charge is 0.369 e. The van der Waals surface area contributed by atoms with Crippen molar-refractivity contribution in [3.63, 3.8) is 0 Å². The van der Waals surface area contributed by atoms with Crippen molar-refractivity contribution < 1.29 is 8.42 Å². The highest BCUT2D eigenvalue weighted by Gasteiger charge is 2.18. The second kappa shape index (κ2) is 7.52. The van der Waals surface area contributed by atoms with Crippen LogP contribution >= 0.6 is 0 Å². The Balaban J connectivity index is 1.48. The first-order valence-electron chi connectivity index (χ1n) is 9.69. The van der Waals surface area contributed by atoms with Gasteiger partial charge in [0.1, 0.15) is 0 Å². The summed E-state index contributed by atoms with van der Waals surface area (Å²) in [5, 5.41) is 0. The number of hydrogen-bond acceptors (Lipinski definition) is 4. The molecule has 27 heavy (non-hydrogen) atoms. The van der Waals surface area contributed by atoms with Gasteiger partial charge in [-0.15, -0.1) is 0 Å². The van der Waals surface area contributed by atoms with Crippen molar-refractivity contribution in [1.82, 2.24) is 4.90 Å². The molecule has 1 saturated heterocycles. The number of anilines is 2. The van der Waals surface area contributed by atoms with E-state index in [-0.39, 0.29) is 0 Å². The predicted octanol–water partition coefficient (Wildman–Crippen LogP) is 3.12. The van der Waals surface area contributed by atoms with Crippen LogP contribution in [0.3, 0.4) is 0 Å². The number of likely N-dealkylation sites (N-methyl/N-ethyl adjacent to an activating group) is 1. The van der Waals surface area contributed by atoms with Gasteiger partial charge in [0.05, 0.1) is 4.90 Å². The van der Waals surface area contributed by atoms with E-state index in [4.69, 9.17) is 0 Å². The number of hydrogen-bond donors (Lipinski definition) is 1. The molecule has 0 aromatic heterocycles. The Morgan fingerprint density at radius 2 is 1.52 bits per heavy atom. The highest BCUT2D eigenvalue weighted by Crippen LogP contribution is 2.26. The molecular formula is C21H27N3O2S. The first-order chi connectivity index (χ1) is 13.0. The van der Waals surface area contributed by atoms with Crippen molar-refractivity contribution >= 4 is 21.4 Å². The number of sulfonamides is 1. The lowest BCUT2D eigenvalue weighted by Gasteiger charge is -2.34. The summed E-state index contributed by atoms with van der Waals surface area (Å²) in [6.07, 6.45) is 4.35. The van der Waals surface area contributed by atoms with Crippen LogP contribution in [0, 0.1) is 0 Å². The Hall–Kier alpha value is -2.05. The molecular weight excluding hydrogens is 358 g/mol. The number of aryl methyl sites for hydroxylation is 2. The Kier molecular flexibility index (Phi) is 5.10. The molecule has 0 atom stereocenters. The lowest BCUT2D eigenvalue weighted by molar-refractivity contribution is 0.313. The molecule has 2 aliphatic rings. The van der Waals surface area contributed by atoms with E-state index in [2.05, 4.69) is 21.6 Å². The molecule has 6 heteroatoms. The maximum absolute atomic E-state index is 12.8. The molecule has 0 amide bonds. The van der Waals surface area contributed by atoms with Crippen molar-refractivity contribution in [3.05, 3.63) is 53.6 Å². The van der Waals surface area contributed by atoms with Crippen LogP contribution in [0.25, 0.3) is 0 Å². The lowest BCUT2D eigenvalue weighted by atomic mass is 9.92. The first kappa shape index (κ1) is 18.3.